The molecule has 2 N–H and O–H groups in total. The van der Waals surface area contributed by atoms with E-state index >= 15 is 0 Å². The number of sulfonamides is 1. The Labute approximate surface area is 146 Å². The van der Waals surface area contributed by atoms with Gasteiger partial charge in [-0.05, 0) is 24.1 Å². The van der Waals surface area contributed by atoms with Crippen molar-refractivity contribution in [2.24, 2.45) is 0 Å². The number of benzene rings is 1. The van der Waals surface area contributed by atoms with Gasteiger partial charge in [-0.3, -0.25) is 0 Å². The van der Waals surface area contributed by atoms with Crippen LogP contribution in [0.1, 0.15) is 30.6 Å². The Kier molecular flexibility index (Phi) is 6.34. The van der Waals surface area contributed by atoms with Crippen LogP contribution in [-0.2, 0) is 29.5 Å². The van der Waals surface area contributed by atoms with E-state index in [1.54, 1.807) is 10.7 Å². The number of hydrogen-bond donors (Lipinski definition) is 2. The number of nitrogens with zero attached hydrogens (tertiary/aromatic N) is 3. The highest BCUT2D eigenvalue weighted by Gasteiger charge is 2.14. The van der Waals surface area contributed by atoms with Crippen molar-refractivity contribution < 1.29 is 13.5 Å². The molecule has 7 nitrogen and oxygen atoms in total. The van der Waals surface area contributed by atoms with Crippen molar-refractivity contribution in [1.29, 1.82) is 0 Å². The summed E-state index contributed by atoms with van der Waals surface area (Å²) in [4.78, 5) is 4.40. The Morgan fingerprint density at radius 1 is 1.42 bits per heavy atom. The number of halogens is 1. The zero-order valence-corrected chi connectivity index (χ0v) is 15.2. The zero-order valence-electron chi connectivity index (χ0n) is 13.6. The van der Waals surface area contributed by atoms with Gasteiger partial charge in [0.1, 0.15) is 5.82 Å². The molecule has 9 heteroatoms. The highest BCUT2D eigenvalue weighted by molar-refractivity contribution is 7.88. The van der Waals surface area contributed by atoms with Crippen molar-refractivity contribution in [3.63, 3.8) is 0 Å². The van der Waals surface area contributed by atoms with Crippen LogP contribution in [0, 0.1) is 0 Å². The summed E-state index contributed by atoms with van der Waals surface area (Å²) in [6, 6.07) is 7.39. The van der Waals surface area contributed by atoms with Crippen LogP contribution in [0.2, 0.25) is 5.02 Å². The number of aromatic nitrogens is 3. The third-order valence-electron chi connectivity index (χ3n) is 3.39. The molecular formula is C15H21ClN4O3S. The first-order chi connectivity index (χ1) is 11.3. The van der Waals surface area contributed by atoms with E-state index in [-0.39, 0.29) is 13.1 Å². The van der Waals surface area contributed by atoms with Crippen molar-refractivity contribution in [1.82, 2.24) is 19.5 Å². The maximum absolute atomic E-state index is 11.3. The van der Waals surface area contributed by atoms with E-state index in [9.17, 15) is 13.5 Å². The predicted molar refractivity (Wildman–Crippen MR) is 92.3 cm³/mol. The molecule has 0 bridgehead atoms. The van der Waals surface area contributed by atoms with Gasteiger partial charge in [0.25, 0.3) is 0 Å². The molecule has 1 aromatic carbocycles. The average Bonchev–Trinajstić information content (AvgIpc) is 2.86. The van der Waals surface area contributed by atoms with Crippen molar-refractivity contribution >= 4 is 21.6 Å². The summed E-state index contributed by atoms with van der Waals surface area (Å²) in [7, 11) is -3.34. The van der Waals surface area contributed by atoms with E-state index < -0.39 is 16.1 Å². The predicted octanol–water partition coefficient (Wildman–Crippen LogP) is 1.34. The zero-order chi connectivity index (χ0) is 17.7. The Morgan fingerprint density at radius 3 is 2.79 bits per heavy atom. The fourth-order valence-electron chi connectivity index (χ4n) is 2.13. The SMILES string of the molecule is CCC(O)Cn1nc(Cc2cccc(Cl)c2)nc1CNS(C)(=O)=O. The normalized spacial score (nSPS) is 13.2. The van der Waals surface area contributed by atoms with E-state index in [4.69, 9.17) is 11.6 Å². The molecule has 0 amide bonds. The van der Waals surface area contributed by atoms with Gasteiger partial charge < -0.3 is 5.11 Å². The quantitative estimate of drug-likeness (QED) is 0.728. The third kappa shape index (κ3) is 5.86. The van der Waals surface area contributed by atoms with Crippen molar-refractivity contribution in [3.05, 3.63) is 46.5 Å². The number of hydrogen-bond acceptors (Lipinski definition) is 5. The molecule has 1 unspecified atom stereocenters. The van der Waals surface area contributed by atoms with Gasteiger partial charge in [-0.25, -0.2) is 22.8 Å². The van der Waals surface area contributed by atoms with Crippen LogP contribution in [0.5, 0.6) is 0 Å². The molecule has 0 aliphatic carbocycles. The Morgan fingerprint density at radius 2 is 2.17 bits per heavy atom. The first kappa shape index (κ1) is 18.9. The van der Waals surface area contributed by atoms with Gasteiger partial charge in [0, 0.05) is 11.4 Å². The van der Waals surface area contributed by atoms with Gasteiger partial charge in [-0.15, -0.1) is 0 Å². The van der Waals surface area contributed by atoms with Gasteiger partial charge in [-0.2, -0.15) is 5.10 Å². The summed E-state index contributed by atoms with van der Waals surface area (Å²) in [5.41, 5.74) is 0.957. The third-order valence-corrected chi connectivity index (χ3v) is 4.29. The minimum atomic E-state index is -3.34. The molecule has 24 heavy (non-hydrogen) atoms. The fourth-order valence-corrected chi connectivity index (χ4v) is 2.74. The summed E-state index contributed by atoms with van der Waals surface area (Å²) in [5, 5.41) is 14.9. The lowest BCUT2D eigenvalue weighted by atomic mass is 10.1. The second-order valence-electron chi connectivity index (χ2n) is 5.59. The molecule has 132 valence electrons. The number of aliphatic hydroxyl groups is 1. The minimum absolute atomic E-state index is 0.0256. The molecule has 0 spiro atoms. The summed E-state index contributed by atoms with van der Waals surface area (Å²) < 4.78 is 26.5. The molecule has 0 aliphatic rings. The number of rotatable bonds is 8. The van der Waals surface area contributed by atoms with Gasteiger partial charge >= 0.3 is 0 Å². The first-order valence-corrected chi connectivity index (χ1v) is 9.83. The molecule has 0 saturated carbocycles. The molecule has 0 fully saturated rings. The van der Waals surface area contributed by atoms with Crippen molar-refractivity contribution in [3.8, 4) is 0 Å². The highest BCUT2D eigenvalue weighted by Crippen LogP contribution is 2.14. The molecule has 1 aromatic heterocycles. The Balaban J connectivity index is 2.22. The molecule has 2 rings (SSSR count). The van der Waals surface area contributed by atoms with E-state index in [0.29, 0.717) is 29.5 Å². The lowest BCUT2D eigenvalue weighted by molar-refractivity contribution is 0.143. The molecular weight excluding hydrogens is 352 g/mol. The Hall–Kier alpha value is -1.48. The Bertz CT molecular complexity index is 792. The van der Waals surface area contributed by atoms with Crippen LogP contribution in [0.25, 0.3) is 0 Å². The minimum Gasteiger partial charge on any atom is -0.391 e. The van der Waals surface area contributed by atoms with Crippen molar-refractivity contribution in [2.45, 2.75) is 39.0 Å². The molecule has 0 aliphatic heterocycles. The van der Waals surface area contributed by atoms with Gasteiger partial charge in [0.2, 0.25) is 10.0 Å². The number of aliphatic hydroxyl groups excluding tert-OH is 1. The van der Waals surface area contributed by atoms with E-state index in [2.05, 4.69) is 14.8 Å². The van der Waals surface area contributed by atoms with Crippen LogP contribution in [0.3, 0.4) is 0 Å². The van der Waals surface area contributed by atoms with Crippen LogP contribution >= 0.6 is 11.6 Å². The summed E-state index contributed by atoms with van der Waals surface area (Å²) >= 11 is 5.98. The fraction of sp³-hybridized carbons (Fsp3) is 0.467. The molecule has 2 aromatic rings. The standard InChI is InChI=1S/C15H21ClN4O3S/c1-3-13(21)10-20-15(9-17-24(2,22)23)18-14(19-20)8-11-5-4-6-12(16)7-11/h4-7,13,17,21H,3,8-10H2,1-2H3. The molecule has 1 atom stereocenters. The van der Waals surface area contributed by atoms with Gasteiger partial charge in [-0.1, -0.05) is 30.7 Å². The summed E-state index contributed by atoms with van der Waals surface area (Å²) in [6.45, 7) is 2.15. The van der Waals surface area contributed by atoms with E-state index in [1.807, 2.05) is 25.1 Å². The maximum Gasteiger partial charge on any atom is 0.209 e. The van der Waals surface area contributed by atoms with Gasteiger partial charge in [0.15, 0.2) is 5.82 Å². The molecule has 0 radical (unpaired) electrons. The largest absolute Gasteiger partial charge is 0.391 e. The van der Waals surface area contributed by atoms with E-state index in [1.165, 1.54) is 0 Å². The molecule has 1 heterocycles. The average molecular weight is 373 g/mol. The number of nitrogens with one attached hydrogen (secondary N) is 1. The maximum atomic E-state index is 11.3. The van der Waals surface area contributed by atoms with Crippen LogP contribution in [0.4, 0.5) is 0 Å². The van der Waals surface area contributed by atoms with E-state index in [0.717, 1.165) is 11.8 Å². The van der Waals surface area contributed by atoms with Crippen molar-refractivity contribution in [2.75, 3.05) is 6.26 Å². The topological polar surface area (TPSA) is 97.1 Å². The van der Waals surface area contributed by atoms with Crippen LogP contribution in [0.15, 0.2) is 24.3 Å². The first-order valence-electron chi connectivity index (χ1n) is 7.56. The summed E-state index contributed by atoms with van der Waals surface area (Å²) in [6.07, 6.45) is 1.56. The smallest absolute Gasteiger partial charge is 0.209 e. The monoisotopic (exact) mass is 372 g/mol. The lowest BCUT2D eigenvalue weighted by Gasteiger charge is -2.10. The van der Waals surface area contributed by atoms with Gasteiger partial charge in [0.05, 0.1) is 25.4 Å². The highest BCUT2D eigenvalue weighted by atomic mass is 35.5. The second kappa shape index (κ2) is 8.06. The molecule has 0 saturated heterocycles. The second-order valence-corrected chi connectivity index (χ2v) is 7.86. The lowest BCUT2D eigenvalue weighted by Crippen LogP contribution is -2.25. The van der Waals surface area contributed by atoms with Crippen LogP contribution < -0.4 is 4.72 Å². The summed E-state index contributed by atoms with van der Waals surface area (Å²) in [5.74, 6) is 1.01. The van der Waals surface area contributed by atoms with Crippen LogP contribution in [-0.4, -0.2) is 40.6 Å².